The first-order valence-corrected chi connectivity index (χ1v) is 5.75. The minimum Gasteiger partial charge on any atom is -0.399 e. The predicted molar refractivity (Wildman–Crippen MR) is 71.1 cm³/mol. The molecule has 0 aliphatic carbocycles. The molecule has 0 fully saturated rings. The largest absolute Gasteiger partial charge is 0.399 e. The summed E-state index contributed by atoms with van der Waals surface area (Å²) >= 11 is 6.04. The first kappa shape index (κ1) is 12.0. The predicted octanol–water partition coefficient (Wildman–Crippen LogP) is 3.31. The van der Waals surface area contributed by atoms with Gasteiger partial charge in [0.05, 0.1) is 0 Å². The van der Waals surface area contributed by atoms with Crippen LogP contribution < -0.4 is 5.73 Å². The van der Waals surface area contributed by atoms with Crippen molar-refractivity contribution in [1.29, 1.82) is 0 Å². The van der Waals surface area contributed by atoms with Crippen molar-refractivity contribution in [3.63, 3.8) is 0 Å². The van der Waals surface area contributed by atoms with E-state index in [4.69, 9.17) is 17.3 Å². The van der Waals surface area contributed by atoms with E-state index in [1.807, 2.05) is 31.2 Å². The number of aliphatic hydroxyl groups excluding tert-OH is 1. The zero-order valence-corrected chi connectivity index (χ0v) is 10.3. The van der Waals surface area contributed by atoms with Crippen LogP contribution in [0.3, 0.4) is 0 Å². The average Bonchev–Trinajstić information content (AvgIpc) is 2.32. The van der Waals surface area contributed by atoms with Crippen molar-refractivity contribution in [2.75, 3.05) is 5.73 Å². The molecule has 0 amide bonds. The smallest absolute Gasteiger partial charge is 0.104 e. The van der Waals surface area contributed by atoms with Gasteiger partial charge in [0, 0.05) is 10.7 Å². The van der Waals surface area contributed by atoms with Crippen LogP contribution in [0.25, 0.3) is 0 Å². The zero-order chi connectivity index (χ0) is 12.4. The number of aryl methyl sites for hydroxylation is 1. The van der Waals surface area contributed by atoms with Gasteiger partial charge in [-0.15, -0.1) is 0 Å². The maximum Gasteiger partial charge on any atom is 0.104 e. The topological polar surface area (TPSA) is 46.2 Å². The lowest BCUT2D eigenvalue weighted by molar-refractivity contribution is 0.220. The second-order valence-corrected chi connectivity index (χ2v) is 4.49. The summed E-state index contributed by atoms with van der Waals surface area (Å²) in [7, 11) is 0. The molecular formula is C14H14ClNO. The number of aliphatic hydroxyl groups is 1. The lowest BCUT2D eigenvalue weighted by Gasteiger charge is -2.13. The summed E-state index contributed by atoms with van der Waals surface area (Å²) in [6, 6.07) is 12.8. The number of benzene rings is 2. The summed E-state index contributed by atoms with van der Waals surface area (Å²) in [5.41, 5.74) is 8.86. The number of hydrogen-bond donors (Lipinski definition) is 2. The number of nitrogens with two attached hydrogens (primary N) is 1. The molecule has 2 aromatic carbocycles. The Hall–Kier alpha value is -1.51. The molecule has 88 valence electrons. The highest BCUT2D eigenvalue weighted by Crippen LogP contribution is 2.26. The van der Waals surface area contributed by atoms with E-state index < -0.39 is 6.10 Å². The summed E-state index contributed by atoms with van der Waals surface area (Å²) in [4.78, 5) is 0. The SMILES string of the molecule is Cc1ccc(C(O)c2cccc(N)c2)cc1Cl. The van der Waals surface area contributed by atoms with Crippen LogP contribution in [-0.4, -0.2) is 5.11 Å². The number of hydrogen-bond acceptors (Lipinski definition) is 2. The molecule has 0 spiro atoms. The molecule has 3 N–H and O–H groups in total. The molecule has 2 aromatic rings. The van der Waals surface area contributed by atoms with Crippen molar-refractivity contribution in [1.82, 2.24) is 0 Å². The van der Waals surface area contributed by atoms with Gasteiger partial charge in [0.1, 0.15) is 6.10 Å². The van der Waals surface area contributed by atoms with Crippen molar-refractivity contribution in [3.8, 4) is 0 Å². The first-order valence-electron chi connectivity index (χ1n) is 5.37. The van der Waals surface area contributed by atoms with E-state index >= 15 is 0 Å². The van der Waals surface area contributed by atoms with Crippen molar-refractivity contribution in [3.05, 3.63) is 64.2 Å². The van der Waals surface area contributed by atoms with Gasteiger partial charge >= 0.3 is 0 Å². The van der Waals surface area contributed by atoms with Gasteiger partial charge in [-0.1, -0.05) is 35.9 Å². The molecule has 0 heterocycles. The van der Waals surface area contributed by atoms with E-state index in [9.17, 15) is 5.11 Å². The Kier molecular flexibility index (Phi) is 3.36. The number of halogens is 1. The van der Waals surface area contributed by atoms with Crippen LogP contribution in [0.5, 0.6) is 0 Å². The Balaban J connectivity index is 2.36. The van der Waals surface area contributed by atoms with E-state index in [0.717, 1.165) is 16.7 Å². The molecule has 3 heteroatoms. The number of rotatable bonds is 2. The molecule has 0 bridgehead atoms. The van der Waals surface area contributed by atoms with Crippen LogP contribution >= 0.6 is 11.6 Å². The molecule has 1 atom stereocenters. The summed E-state index contributed by atoms with van der Waals surface area (Å²) in [5, 5.41) is 10.9. The summed E-state index contributed by atoms with van der Waals surface area (Å²) in [6.07, 6.45) is -0.698. The van der Waals surface area contributed by atoms with Crippen LogP contribution in [0.1, 0.15) is 22.8 Å². The van der Waals surface area contributed by atoms with Crippen molar-refractivity contribution in [2.24, 2.45) is 0 Å². The summed E-state index contributed by atoms with van der Waals surface area (Å²) < 4.78 is 0. The third kappa shape index (κ3) is 2.60. The van der Waals surface area contributed by atoms with E-state index in [-0.39, 0.29) is 0 Å². The maximum absolute atomic E-state index is 10.2. The number of nitrogen functional groups attached to an aromatic ring is 1. The molecule has 2 rings (SSSR count). The van der Waals surface area contributed by atoms with Crippen LogP contribution in [0.15, 0.2) is 42.5 Å². The third-order valence-corrected chi connectivity index (χ3v) is 3.15. The Morgan fingerprint density at radius 1 is 1.12 bits per heavy atom. The van der Waals surface area contributed by atoms with E-state index in [0.29, 0.717) is 10.7 Å². The monoisotopic (exact) mass is 247 g/mol. The van der Waals surface area contributed by atoms with E-state index in [1.54, 1.807) is 18.2 Å². The van der Waals surface area contributed by atoms with Crippen LogP contribution in [0.2, 0.25) is 5.02 Å². The van der Waals surface area contributed by atoms with E-state index in [1.165, 1.54) is 0 Å². The minimum absolute atomic E-state index is 0.639. The van der Waals surface area contributed by atoms with Crippen LogP contribution in [0, 0.1) is 6.92 Å². The van der Waals surface area contributed by atoms with Gasteiger partial charge in [0.25, 0.3) is 0 Å². The van der Waals surface area contributed by atoms with Gasteiger partial charge in [-0.3, -0.25) is 0 Å². The Morgan fingerprint density at radius 2 is 1.82 bits per heavy atom. The van der Waals surface area contributed by atoms with Crippen LogP contribution in [0.4, 0.5) is 5.69 Å². The fourth-order valence-corrected chi connectivity index (χ4v) is 1.89. The van der Waals surface area contributed by atoms with Gasteiger partial charge in [-0.2, -0.15) is 0 Å². The lowest BCUT2D eigenvalue weighted by atomic mass is 10.0. The van der Waals surface area contributed by atoms with Gasteiger partial charge in [-0.25, -0.2) is 0 Å². The normalized spacial score (nSPS) is 12.4. The van der Waals surface area contributed by atoms with Crippen LogP contribution in [-0.2, 0) is 0 Å². The molecule has 0 saturated heterocycles. The maximum atomic E-state index is 10.2. The molecule has 0 radical (unpaired) electrons. The summed E-state index contributed by atoms with van der Waals surface area (Å²) in [5.74, 6) is 0. The fraction of sp³-hybridized carbons (Fsp3) is 0.143. The van der Waals surface area contributed by atoms with Gasteiger partial charge in [0.2, 0.25) is 0 Å². The standard InChI is InChI=1S/C14H14ClNO/c1-9-5-6-11(8-13(9)15)14(17)10-3-2-4-12(16)7-10/h2-8,14,17H,16H2,1H3. The highest BCUT2D eigenvalue weighted by molar-refractivity contribution is 6.31. The molecular weight excluding hydrogens is 234 g/mol. The Morgan fingerprint density at radius 3 is 2.47 bits per heavy atom. The molecule has 2 nitrogen and oxygen atoms in total. The molecule has 0 aromatic heterocycles. The molecule has 1 unspecified atom stereocenters. The second kappa shape index (κ2) is 4.78. The first-order chi connectivity index (χ1) is 8.08. The molecule has 0 aliphatic heterocycles. The zero-order valence-electron chi connectivity index (χ0n) is 9.52. The van der Waals surface area contributed by atoms with Crippen molar-refractivity contribution >= 4 is 17.3 Å². The Bertz CT molecular complexity index is 539. The average molecular weight is 248 g/mol. The number of anilines is 1. The van der Waals surface area contributed by atoms with Crippen molar-refractivity contribution in [2.45, 2.75) is 13.0 Å². The summed E-state index contributed by atoms with van der Waals surface area (Å²) in [6.45, 7) is 1.93. The highest BCUT2D eigenvalue weighted by Gasteiger charge is 2.11. The minimum atomic E-state index is -0.698. The molecule has 0 aliphatic rings. The molecule has 17 heavy (non-hydrogen) atoms. The van der Waals surface area contributed by atoms with Gasteiger partial charge in [-0.05, 0) is 41.8 Å². The van der Waals surface area contributed by atoms with Gasteiger partial charge < -0.3 is 10.8 Å². The quantitative estimate of drug-likeness (QED) is 0.800. The van der Waals surface area contributed by atoms with Gasteiger partial charge in [0.15, 0.2) is 0 Å². The van der Waals surface area contributed by atoms with E-state index in [2.05, 4.69) is 0 Å². The highest BCUT2D eigenvalue weighted by atomic mass is 35.5. The molecule has 0 saturated carbocycles. The Labute approximate surface area is 106 Å². The lowest BCUT2D eigenvalue weighted by Crippen LogP contribution is -2.00. The third-order valence-electron chi connectivity index (χ3n) is 2.74. The second-order valence-electron chi connectivity index (χ2n) is 4.08. The fourth-order valence-electron chi connectivity index (χ4n) is 1.70. The van der Waals surface area contributed by atoms with Crippen molar-refractivity contribution < 1.29 is 5.11 Å².